The Morgan fingerprint density at radius 2 is 2.22 bits per heavy atom. The molecule has 0 aliphatic rings. The van der Waals surface area contributed by atoms with Crippen molar-refractivity contribution in [2.24, 2.45) is 0 Å². The van der Waals surface area contributed by atoms with Crippen molar-refractivity contribution in [1.29, 1.82) is 0 Å². The van der Waals surface area contributed by atoms with E-state index in [1.165, 1.54) is 0 Å². The minimum absolute atomic E-state index is 0.545. The van der Waals surface area contributed by atoms with E-state index in [1.54, 1.807) is 19.5 Å². The van der Waals surface area contributed by atoms with Crippen molar-refractivity contribution in [2.75, 3.05) is 7.11 Å². The maximum absolute atomic E-state index is 10.2. The lowest BCUT2D eigenvalue weighted by Gasteiger charge is -2.12. The van der Waals surface area contributed by atoms with E-state index in [-0.39, 0.29) is 0 Å². The molecule has 0 radical (unpaired) electrons. The topological polar surface area (TPSA) is 42.4 Å². The Bertz CT molecular complexity index is 516. The van der Waals surface area contributed by atoms with Crippen LogP contribution in [-0.2, 0) is 6.42 Å². The van der Waals surface area contributed by atoms with Gasteiger partial charge in [0, 0.05) is 18.8 Å². The van der Waals surface area contributed by atoms with E-state index >= 15 is 0 Å². The molecule has 1 unspecified atom stereocenters. The Labute approximate surface area is 115 Å². The van der Waals surface area contributed by atoms with Crippen molar-refractivity contribution in [3.8, 4) is 5.75 Å². The third-order valence-electron chi connectivity index (χ3n) is 2.71. The Hall–Kier alpha value is -1.39. The molecule has 4 heteroatoms. The second-order valence-corrected chi connectivity index (χ2v) is 4.83. The first kappa shape index (κ1) is 13.1. The summed E-state index contributed by atoms with van der Waals surface area (Å²) in [5.74, 6) is 0.757. The van der Waals surface area contributed by atoms with Gasteiger partial charge < -0.3 is 9.84 Å². The van der Waals surface area contributed by atoms with Crippen LogP contribution < -0.4 is 4.74 Å². The molecular weight excluding hydrogens is 294 g/mol. The summed E-state index contributed by atoms with van der Waals surface area (Å²) in [5.41, 5.74) is 1.86. The second-order valence-electron chi connectivity index (χ2n) is 3.98. The normalized spacial score (nSPS) is 12.2. The van der Waals surface area contributed by atoms with Crippen LogP contribution in [0.1, 0.15) is 17.2 Å². The van der Waals surface area contributed by atoms with Gasteiger partial charge >= 0.3 is 0 Å². The van der Waals surface area contributed by atoms with Crippen LogP contribution in [-0.4, -0.2) is 17.2 Å². The summed E-state index contributed by atoms with van der Waals surface area (Å²) in [6.45, 7) is 0. The molecule has 2 rings (SSSR count). The first-order chi connectivity index (χ1) is 8.70. The molecular formula is C14H14BrNO2. The molecule has 94 valence electrons. The van der Waals surface area contributed by atoms with Crippen molar-refractivity contribution in [3.63, 3.8) is 0 Å². The zero-order chi connectivity index (χ0) is 13.0. The molecule has 0 bridgehead atoms. The largest absolute Gasteiger partial charge is 0.496 e. The highest BCUT2D eigenvalue weighted by atomic mass is 79.9. The van der Waals surface area contributed by atoms with E-state index in [0.29, 0.717) is 6.42 Å². The van der Waals surface area contributed by atoms with Crippen molar-refractivity contribution < 1.29 is 9.84 Å². The number of rotatable bonds is 4. The molecule has 0 aliphatic heterocycles. The minimum Gasteiger partial charge on any atom is -0.496 e. The fourth-order valence-electron chi connectivity index (χ4n) is 1.75. The molecule has 0 spiro atoms. The maximum Gasteiger partial charge on any atom is 0.133 e. The summed E-state index contributed by atoms with van der Waals surface area (Å²) in [6.07, 6.45) is 3.49. The molecule has 0 amide bonds. The molecule has 1 aromatic carbocycles. The number of halogens is 1. The third kappa shape index (κ3) is 3.09. The molecule has 2 aromatic rings. The fourth-order valence-corrected chi connectivity index (χ4v) is 2.31. The quantitative estimate of drug-likeness (QED) is 0.943. The number of pyridine rings is 1. The number of aliphatic hydroxyl groups is 1. The molecule has 1 atom stereocenters. The van der Waals surface area contributed by atoms with Gasteiger partial charge in [-0.2, -0.15) is 0 Å². The number of ether oxygens (including phenoxy) is 1. The maximum atomic E-state index is 10.2. The van der Waals surface area contributed by atoms with Crippen LogP contribution in [0.25, 0.3) is 0 Å². The van der Waals surface area contributed by atoms with Crippen molar-refractivity contribution in [2.45, 2.75) is 12.5 Å². The van der Waals surface area contributed by atoms with Crippen LogP contribution in [0.3, 0.4) is 0 Å². The average molecular weight is 308 g/mol. The summed E-state index contributed by atoms with van der Waals surface area (Å²) in [6, 6.07) is 9.40. The molecule has 1 N–H and O–H groups in total. The summed E-state index contributed by atoms with van der Waals surface area (Å²) < 4.78 is 6.00. The van der Waals surface area contributed by atoms with Crippen LogP contribution in [0, 0.1) is 0 Å². The lowest BCUT2D eigenvalue weighted by atomic mass is 10.0. The first-order valence-corrected chi connectivity index (χ1v) is 6.40. The fraction of sp³-hybridized carbons (Fsp3) is 0.214. The van der Waals surface area contributed by atoms with Gasteiger partial charge in [-0.05, 0) is 45.3 Å². The van der Waals surface area contributed by atoms with Gasteiger partial charge in [-0.3, -0.25) is 4.98 Å². The molecule has 1 heterocycles. The van der Waals surface area contributed by atoms with Gasteiger partial charge in [0.1, 0.15) is 5.75 Å². The van der Waals surface area contributed by atoms with E-state index in [2.05, 4.69) is 20.9 Å². The molecule has 0 saturated carbocycles. The van der Waals surface area contributed by atoms with E-state index in [4.69, 9.17) is 4.74 Å². The Morgan fingerprint density at radius 3 is 2.83 bits per heavy atom. The number of methoxy groups -OCH3 is 1. The zero-order valence-corrected chi connectivity index (χ0v) is 11.6. The van der Waals surface area contributed by atoms with Crippen LogP contribution in [0.15, 0.2) is 47.2 Å². The van der Waals surface area contributed by atoms with E-state index < -0.39 is 6.10 Å². The van der Waals surface area contributed by atoms with Crippen LogP contribution in [0.5, 0.6) is 5.75 Å². The van der Waals surface area contributed by atoms with Crippen molar-refractivity contribution in [3.05, 3.63) is 58.3 Å². The SMILES string of the molecule is COc1ccc(C(O)Cc2cccnc2)cc1Br. The molecule has 1 aromatic heterocycles. The van der Waals surface area contributed by atoms with Crippen molar-refractivity contribution >= 4 is 15.9 Å². The van der Waals surface area contributed by atoms with Gasteiger partial charge in [-0.25, -0.2) is 0 Å². The molecule has 0 aliphatic carbocycles. The lowest BCUT2D eigenvalue weighted by molar-refractivity contribution is 0.178. The number of hydrogen-bond acceptors (Lipinski definition) is 3. The molecule has 3 nitrogen and oxygen atoms in total. The summed E-state index contributed by atoms with van der Waals surface area (Å²) in [7, 11) is 1.62. The van der Waals surface area contributed by atoms with Gasteiger partial charge in [-0.1, -0.05) is 12.1 Å². The molecule has 0 fully saturated rings. The molecule has 0 saturated heterocycles. The molecule has 18 heavy (non-hydrogen) atoms. The number of aromatic nitrogens is 1. The monoisotopic (exact) mass is 307 g/mol. The van der Waals surface area contributed by atoms with Crippen LogP contribution in [0.2, 0.25) is 0 Å². The Morgan fingerprint density at radius 1 is 1.39 bits per heavy atom. The van der Waals surface area contributed by atoms with Gasteiger partial charge in [0.05, 0.1) is 17.7 Å². The lowest BCUT2D eigenvalue weighted by Crippen LogP contribution is -2.02. The zero-order valence-electron chi connectivity index (χ0n) is 10.0. The Balaban J connectivity index is 2.14. The highest BCUT2D eigenvalue weighted by molar-refractivity contribution is 9.10. The minimum atomic E-state index is -0.545. The van der Waals surface area contributed by atoms with Gasteiger partial charge in [0.2, 0.25) is 0 Å². The summed E-state index contributed by atoms with van der Waals surface area (Å²) in [5, 5.41) is 10.2. The summed E-state index contributed by atoms with van der Waals surface area (Å²) >= 11 is 3.41. The van der Waals surface area contributed by atoms with Gasteiger partial charge in [0.15, 0.2) is 0 Å². The standard InChI is InChI=1S/C14H14BrNO2/c1-18-14-5-4-11(8-12(14)15)13(17)7-10-3-2-6-16-9-10/h2-6,8-9,13,17H,7H2,1H3. The predicted molar refractivity (Wildman–Crippen MR) is 73.6 cm³/mol. The number of nitrogens with zero attached hydrogens (tertiary/aromatic N) is 1. The average Bonchev–Trinajstić information content (AvgIpc) is 2.39. The predicted octanol–water partition coefficient (Wildman–Crippen LogP) is 3.13. The number of aliphatic hydroxyl groups excluding tert-OH is 1. The van der Waals surface area contributed by atoms with Crippen LogP contribution in [0.4, 0.5) is 0 Å². The second kappa shape index (κ2) is 5.98. The smallest absolute Gasteiger partial charge is 0.133 e. The van der Waals surface area contributed by atoms with E-state index in [9.17, 15) is 5.11 Å². The third-order valence-corrected chi connectivity index (χ3v) is 3.33. The van der Waals surface area contributed by atoms with Crippen LogP contribution >= 0.6 is 15.9 Å². The highest BCUT2D eigenvalue weighted by Crippen LogP contribution is 2.29. The van der Waals surface area contributed by atoms with E-state index in [0.717, 1.165) is 21.3 Å². The first-order valence-electron chi connectivity index (χ1n) is 5.61. The van der Waals surface area contributed by atoms with Crippen molar-refractivity contribution in [1.82, 2.24) is 4.98 Å². The highest BCUT2D eigenvalue weighted by Gasteiger charge is 2.11. The van der Waals surface area contributed by atoms with Gasteiger partial charge in [0.25, 0.3) is 0 Å². The van der Waals surface area contributed by atoms with Gasteiger partial charge in [-0.15, -0.1) is 0 Å². The van der Waals surface area contributed by atoms with E-state index in [1.807, 2.05) is 30.3 Å². The number of benzene rings is 1. The Kier molecular flexibility index (Phi) is 4.33. The summed E-state index contributed by atoms with van der Waals surface area (Å²) in [4.78, 5) is 4.04. The number of hydrogen-bond donors (Lipinski definition) is 1.